The monoisotopic (exact) mass is 405 g/mol. The summed E-state index contributed by atoms with van der Waals surface area (Å²) in [6.07, 6.45) is 2.26. The summed E-state index contributed by atoms with van der Waals surface area (Å²) in [7, 11) is -5.21. The molecule has 1 saturated heterocycles. The SMILES string of the molecule is CC1(C)[C@@H]2CC[C@]1(CS(=O)(=O)N1[C@H]([Si](C)(C)C)[C@@H]1c1ccccc1)C(=O)C2. The van der Waals surface area contributed by atoms with Gasteiger partial charge in [-0.15, -0.1) is 0 Å². The number of hydrogen-bond donors (Lipinski definition) is 0. The van der Waals surface area contributed by atoms with Crippen LogP contribution in [-0.2, 0) is 14.8 Å². The fraction of sp³-hybridized carbons (Fsp3) is 0.667. The van der Waals surface area contributed by atoms with E-state index in [1.165, 1.54) is 0 Å². The molecule has 0 radical (unpaired) electrons. The van der Waals surface area contributed by atoms with Crippen LogP contribution >= 0.6 is 0 Å². The summed E-state index contributed by atoms with van der Waals surface area (Å²) >= 11 is 0. The average Bonchev–Trinajstić information content (AvgIpc) is 3.26. The van der Waals surface area contributed by atoms with E-state index in [1.807, 2.05) is 30.3 Å². The van der Waals surface area contributed by atoms with Crippen molar-refractivity contribution in [3.05, 3.63) is 35.9 Å². The van der Waals surface area contributed by atoms with Crippen LogP contribution in [0.25, 0.3) is 0 Å². The molecule has 0 spiro atoms. The lowest BCUT2D eigenvalue weighted by atomic mass is 9.70. The number of rotatable bonds is 5. The molecule has 2 bridgehead atoms. The van der Waals surface area contributed by atoms with Crippen molar-refractivity contribution >= 4 is 23.9 Å². The predicted octanol–water partition coefficient (Wildman–Crippen LogP) is 4.01. The van der Waals surface area contributed by atoms with Crippen molar-refractivity contribution in [2.24, 2.45) is 16.7 Å². The molecule has 1 heterocycles. The van der Waals surface area contributed by atoms with Gasteiger partial charge in [0.1, 0.15) is 5.78 Å². The van der Waals surface area contributed by atoms with E-state index in [2.05, 4.69) is 33.5 Å². The van der Waals surface area contributed by atoms with Crippen molar-refractivity contribution < 1.29 is 13.2 Å². The molecular weight excluding hydrogens is 374 g/mol. The van der Waals surface area contributed by atoms with Crippen molar-refractivity contribution in [2.75, 3.05) is 5.75 Å². The number of sulfonamides is 1. The van der Waals surface area contributed by atoms with Gasteiger partial charge in [-0.05, 0) is 29.7 Å². The van der Waals surface area contributed by atoms with Crippen LogP contribution in [0.3, 0.4) is 0 Å². The third-order valence-electron chi connectivity index (χ3n) is 7.68. The van der Waals surface area contributed by atoms with Gasteiger partial charge in [-0.3, -0.25) is 4.79 Å². The second kappa shape index (κ2) is 5.77. The number of carbonyl (C=O) groups excluding carboxylic acids is 1. The van der Waals surface area contributed by atoms with Crippen molar-refractivity contribution in [3.8, 4) is 0 Å². The molecule has 3 fully saturated rings. The highest BCUT2D eigenvalue weighted by molar-refractivity contribution is 7.89. The van der Waals surface area contributed by atoms with Crippen molar-refractivity contribution in [3.63, 3.8) is 0 Å². The maximum atomic E-state index is 13.6. The van der Waals surface area contributed by atoms with Gasteiger partial charge in [0.25, 0.3) is 0 Å². The van der Waals surface area contributed by atoms with Crippen LogP contribution in [0.2, 0.25) is 19.6 Å². The number of benzene rings is 1. The predicted molar refractivity (Wildman–Crippen MR) is 111 cm³/mol. The summed E-state index contributed by atoms with van der Waals surface area (Å²) in [4.78, 5) is 12.8. The molecule has 148 valence electrons. The smallest absolute Gasteiger partial charge is 0.215 e. The molecular formula is C21H31NO3SSi. The van der Waals surface area contributed by atoms with E-state index in [0.717, 1.165) is 18.4 Å². The lowest BCUT2D eigenvalue weighted by Gasteiger charge is -2.36. The Morgan fingerprint density at radius 3 is 2.26 bits per heavy atom. The van der Waals surface area contributed by atoms with Crippen LogP contribution in [0.15, 0.2) is 30.3 Å². The molecule has 0 N–H and O–H groups in total. The number of fused-ring (bicyclic) bond motifs is 2. The molecule has 4 rings (SSSR count). The number of nitrogens with zero attached hydrogens (tertiary/aromatic N) is 1. The zero-order valence-electron chi connectivity index (χ0n) is 17.0. The Balaban J connectivity index is 1.69. The van der Waals surface area contributed by atoms with Crippen LogP contribution in [-0.4, -0.2) is 38.0 Å². The third-order valence-corrected chi connectivity index (χ3v) is 12.2. The van der Waals surface area contributed by atoms with Crippen LogP contribution in [0.1, 0.15) is 44.7 Å². The second-order valence-electron chi connectivity index (χ2n) is 10.4. The Kier molecular flexibility index (Phi) is 4.13. The minimum Gasteiger partial charge on any atom is -0.299 e. The zero-order valence-corrected chi connectivity index (χ0v) is 18.8. The molecule has 1 aromatic rings. The zero-order chi connectivity index (χ0) is 19.8. The Hall–Kier alpha value is -0.983. The van der Waals surface area contributed by atoms with E-state index >= 15 is 0 Å². The molecule has 1 aromatic carbocycles. The first-order chi connectivity index (χ1) is 12.4. The molecule has 3 aliphatic rings. The standard InChI is InChI=1S/C21H31NO3SSi/c1-20(2)16-11-12-21(20,17(23)13-16)14-26(24,25)22-18(19(22)27(3,4)5)15-9-7-6-8-10-15/h6-10,16,18-19H,11-14H2,1-5H3/t16-,18+,19-,21+,22?/m1/s1. The maximum absolute atomic E-state index is 13.6. The van der Waals surface area contributed by atoms with E-state index in [1.54, 1.807) is 4.31 Å². The highest BCUT2D eigenvalue weighted by atomic mass is 32.2. The molecule has 1 unspecified atom stereocenters. The number of carbonyl (C=O) groups is 1. The lowest BCUT2D eigenvalue weighted by molar-refractivity contribution is -0.128. The lowest BCUT2D eigenvalue weighted by Crippen LogP contribution is -2.44. The van der Waals surface area contributed by atoms with Crippen LogP contribution in [0.5, 0.6) is 0 Å². The largest absolute Gasteiger partial charge is 0.299 e. The highest BCUT2D eigenvalue weighted by Crippen LogP contribution is 2.65. The molecule has 2 aliphatic carbocycles. The first-order valence-electron chi connectivity index (χ1n) is 10.0. The fourth-order valence-corrected chi connectivity index (χ4v) is 12.0. The van der Waals surface area contributed by atoms with Gasteiger partial charge < -0.3 is 0 Å². The Morgan fingerprint density at radius 1 is 1.15 bits per heavy atom. The van der Waals surface area contributed by atoms with E-state index < -0.39 is 23.5 Å². The van der Waals surface area contributed by atoms with Gasteiger partial charge in [-0.1, -0.05) is 63.8 Å². The van der Waals surface area contributed by atoms with E-state index in [4.69, 9.17) is 0 Å². The van der Waals surface area contributed by atoms with Gasteiger partial charge in [0.2, 0.25) is 10.0 Å². The highest BCUT2D eigenvalue weighted by Gasteiger charge is 2.68. The van der Waals surface area contributed by atoms with Crippen molar-refractivity contribution in [1.29, 1.82) is 0 Å². The van der Waals surface area contributed by atoms with Gasteiger partial charge >= 0.3 is 0 Å². The summed E-state index contributed by atoms with van der Waals surface area (Å²) in [6.45, 7) is 10.9. The number of ketones is 1. The molecule has 27 heavy (non-hydrogen) atoms. The molecule has 0 amide bonds. The minimum absolute atomic E-state index is 0.00729. The van der Waals surface area contributed by atoms with Gasteiger partial charge in [0.15, 0.2) is 0 Å². The van der Waals surface area contributed by atoms with Crippen molar-refractivity contribution in [2.45, 2.75) is 64.5 Å². The molecule has 5 atom stereocenters. The minimum atomic E-state index is -3.50. The summed E-state index contributed by atoms with van der Waals surface area (Å²) < 4.78 is 29.0. The molecule has 2 saturated carbocycles. The van der Waals surface area contributed by atoms with Gasteiger partial charge in [0.05, 0.1) is 19.9 Å². The quantitative estimate of drug-likeness (QED) is 0.549. The Labute approximate surface area is 164 Å². The van der Waals surface area contributed by atoms with E-state index in [0.29, 0.717) is 12.3 Å². The number of hydrogen-bond acceptors (Lipinski definition) is 3. The van der Waals surface area contributed by atoms with Crippen molar-refractivity contribution in [1.82, 2.24) is 4.31 Å². The Bertz CT molecular complexity index is 874. The third kappa shape index (κ3) is 2.70. The van der Waals surface area contributed by atoms with Crippen LogP contribution in [0.4, 0.5) is 0 Å². The van der Waals surface area contributed by atoms with Gasteiger partial charge in [-0.2, -0.15) is 4.31 Å². The topological polar surface area (TPSA) is 54.2 Å². The Morgan fingerprint density at radius 2 is 1.78 bits per heavy atom. The average molecular weight is 406 g/mol. The first kappa shape index (κ1) is 19.3. The molecule has 1 aliphatic heterocycles. The molecule has 6 heteroatoms. The van der Waals surface area contributed by atoms with E-state index in [9.17, 15) is 13.2 Å². The summed E-state index contributed by atoms with van der Waals surface area (Å²) in [5.41, 5.74) is 0.249. The maximum Gasteiger partial charge on any atom is 0.215 e. The second-order valence-corrected chi connectivity index (χ2v) is 17.6. The molecule has 4 nitrogen and oxygen atoms in total. The summed E-state index contributed by atoms with van der Waals surface area (Å²) in [5, 5.41) is 0. The summed E-state index contributed by atoms with van der Waals surface area (Å²) in [5.74, 6) is 0.509. The van der Waals surface area contributed by atoms with Crippen LogP contribution in [0, 0.1) is 16.7 Å². The first-order valence-corrected chi connectivity index (χ1v) is 15.2. The number of Topliss-reactive ketones (excluding diaryl/α,β-unsaturated/α-hetero) is 1. The summed E-state index contributed by atoms with van der Waals surface area (Å²) in [6, 6.07) is 9.92. The molecule has 0 aromatic heterocycles. The van der Waals surface area contributed by atoms with E-state index in [-0.39, 0.29) is 28.7 Å². The fourth-order valence-electron chi connectivity index (χ4n) is 5.89. The van der Waals surface area contributed by atoms with Gasteiger partial charge in [-0.25, -0.2) is 8.42 Å². The van der Waals surface area contributed by atoms with Crippen LogP contribution < -0.4 is 0 Å². The van der Waals surface area contributed by atoms with Gasteiger partial charge in [0, 0.05) is 17.5 Å². The normalized spacial score (nSPS) is 37.6.